The van der Waals surface area contributed by atoms with Gasteiger partial charge in [-0.15, -0.1) is 0 Å². The van der Waals surface area contributed by atoms with Crippen molar-refractivity contribution in [2.75, 3.05) is 6.61 Å². The molecule has 3 fully saturated rings. The third-order valence-corrected chi connectivity index (χ3v) is 9.29. The van der Waals surface area contributed by atoms with E-state index in [1.54, 1.807) is 13.8 Å². The van der Waals surface area contributed by atoms with E-state index >= 15 is 8.78 Å². The van der Waals surface area contributed by atoms with Crippen molar-refractivity contribution in [3.63, 3.8) is 0 Å². The maximum absolute atomic E-state index is 17.3. The molecule has 0 aromatic rings. The number of esters is 2. The Morgan fingerprint density at radius 2 is 1.80 bits per heavy atom. The molecule has 9 heteroatoms. The monoisotopic (exact) mass is 494 g/mol. The molecule has 1 N–H and O–H groups in total. The Bertz CT molecular complexity index is 1050. The van der Waals surface area contributed by atoms with Crippen molar-refractivity contribution in [1.82, 2.24) is 0 Å². The van der Waals surface area contributed by atoms with Gasteiger partial charge in [0.25, 0.3) is 0 Å². The van der Waals surface area contributed by atoms with Crippen molar-refractivity contribution in [2.45, 2.75) is 77.4 Å². The minimum absolute atomic E-state index is 0.00892. The Hall–Kier alpha value is -2.42. The summed E-state index contributed by atoms with van der Waals surface area (Å²) in [5.41, 5.74) is -6.90. The SMILES string of the molecule is CC(=O)OCC(=O)[C@@]1(OC(C)=O)[C@@H](C)C[C@H]2[C@H]3C[C@H](F)C4=CC(=O)C=C[C@]4(C)[C@@]3(F)[C@@H](O)C[C@@]21C. The molecule has 35 heavy (non-hydrogen) atoms. The standard InChI is InChI=1S/C26H32F2O7/c1-13-8-17-18-10-20(27)19-9-16(31)6-7-23(19,4)25(18,28)21(32)11-24(17,5)26(13,35-15(3)30)22(33)12-34-14(2)29/h6-7,9,13,17-18,20-21,32H,8,10-12H2,1-5H3/t13-,17-,18+,20-,21-,23-,24-,25-,26-/m0/s1. The number of ether oxygens (including phenoxy) is 2. The summed E-state index contributed by atoms with van der Waals surface area (Å²) < 4.78 is 43.5. The number of rotatable bonds is 4. The van der Waals surface area contributed by atoms with Gasteiger partial charge < -0.3 is 14.6 Å². The number of alkyl halides is 2. The molecule has 0 radical (unpaired) electrons. The number of aliphatic hydroxyl groups excluding tert-OH is 1. The number of carbonyl (C=O) groups is 4. The Morgan fingerprint density at radius 1 is 1.14 bits per heavy atom. The highest BCUT2D eigenvalue weighted by atomic mass is 19.1. The second-order valence-corrected chi connectivity index (χ2v) is 11.0. The summed E-state index contributed by atoms with van der Waals surface area (Å²) in [7, 11) is 0. The molecule has 0 spiro atoms. The highest BCUT2D eigenvalue weighted by Gasteiger charge is 2.78. The fourth-order valence-corrected chi connectivity index (χ4v) is 7.89. The van der Waals surface area contributed by atoms with Gasteiger partial charge in [-0.05, 0) is 49.8 Å². The van der Waals surface area contributed by atoms with E-state index in [4.69, 9.17) is 9.47 Å². The van der Waals surface area contributed by atoms with Crippen LogP contribution in [0.5, 0.6) is 0 Å². The maximum atomic E-state index is 17.3. The molecular weight excluding hydrogens is 462 g/mol. The number of hydrogen-bond donors (Lipinski definition) is 1. The average molecular weight is 495 g/mol. The van der Waals surface area contributed by atoms with Crippen LogP contribution in [0, 0.1) is 28.6 Å². The second-order valence-electron chi connectivity index (χ2n) is 11.0. The summed E-state index contributed by atoms with van der Waals surface area (Å²) in [6.45, 7) is 6.52. The van der Waals surface area contributed by atoms with Crippen molar-refractivity contribution in [2.24, 2.45) is 28.6 Å². The van der Waals surface area contributed by atoms with E-state index < -0.39 is 82.2 Å². The van der Waals surface area contributed by atoms with Gasteiger partial charge in [0.1, 0.15) is 6.17 Å². The number of fused-ring (bicyclic) bond motifs is 5. The molecule has 192 valence electrons. The first kappa shape index (κ1) is 25.7. The number of aliphatic hydroxyl groups is 1. The number of carbonyl (C=O) groups excluding carboxylic acids is 4. The predicted octanol–water partition coefficient (Wildman–Crippen LogP) is 2.99. The van der Waals surface area contributed by atoms with Crippen LogP contribution >= 0.6 is 0 Å². The highest BCUT2D eigenvalue weighted by molar-refractivity contribution is 6.01. The van der Waals surface area contributed by atoms with Crippen LogP contribution in [-0.2, 0) is 28.7 Å². The first-order valence-electron chi connectivity index (χ1n) is 12.0. The minimum atomic E-state index is -2.31. The fourth-order valence-electron chi connectivity index (χ4n) is 7.89. The molecule has 0 unspecified atom stereocenters. The molecule has 0 aromatic carbocycles. The third kappa shape index (κ3) is 3.22. The molecule has 4 rings (SSSR count). The van der Waals surface area contributed by atoms with E-state index in [0.29, 0.717) is 0 Å². The van der Waals surface area contributed by atoms with Gasteiger partial charge in [0.2, 0.25) is 5.78 Å². The van der Waals surface area contributed by atoms with Crippen LogP contribution in [0.15, 0.2) is 23.8 Å². The van der Waals surface area contributed by atoms with E-state index in [2.05, 4.69) is 0 Å². The number of halogens is 2. The first-order chi connectivity index (χ1) is 16.1. The van der Waals surface area contributed by atoms with Gasteiger partial charge in [-0.3, -0.25) is 19.2 Å². The molecule has 0 amide bonds. The molecule has 4 aliphatic rings. The zero-order chi connectivity index (χ0) is 26.1. The lowest BCUT2D eigenvalue weighted by Gasteiger charge is -2.63. The van der Waals surface area contributed by atoms with E-state index in [1.165, 1.54) is 19.1 Å². The normalized spacial score (nSPS) is 46.1. The maximum Gasteiger partial charge on any atom is 0.303 e. The minimum Gasteiger partial charge on any atom is -0.458 e. The van der Waals surface area contributed by atoms with E-state index in [0.717, 1.165) is 19.9 Å². The van der Waals surface area contributed by atoms with Gasteiger partial charge in [-0.25, -0.2) is 8.78 Å². The Kier molecular flexibility index (Phi) is 5.90. The van der Waals surface area contributed by atoms with Crippen LogP contribution < -0.4 is 0 Å². The van der Waals surface area contributed by atoms with E-state index in [1.807, 2.05) is 0 Å². The molecule has 9 atom stereocenters. The lowest BCUT2D eigenvalue weighted by molar-refractivity contribution is -0.231. The lowest BCUT2D eigenvalue weighted by atomic mass is 9.44. The molecule has 4 aliphatic carbocycles. The van der Waals surface area contributed by atoms with Crippen LogP contribution in [0.2, 0.25) is 0 Å². The third-order valence-electron chi connectivity index (χ3n) is 9.29. The summed E-state index contributed by atoms with van der Waals surface area (Å²) in [6, 6.07) is 0. The number of ketones is 2. The molecule has 3 saturated carbocycles. The van der Waals surface area contributed by atoms with E-state index in [9.17, 15) is 24.3 Å². The topological polar surface area (TPSA) is 107 Å². The smallest absolute Gasteiger partial charge is 0.303 e. The molecule has 0 aromatic heterocycles. The molecule has 0 aliphatic heterocycles. The fraction of sp³-hybridized carbons (Fsp3) is 0.692. The quantitative estimate of drug-likeness (QED) is 0.599. The van der Waals surface area contributed by atoms with Crippen LogP contribution in [0.3, 0.4) is 0 Å². The number of allylic oxidation sites excluding steroid dienone is 4. The number of hydrogen-bond acceptors (Lipinski definition) is 7. The van der Waals surface area contributed by atoms with Gasteiger partial charge in [0, 0.05) is 36.5 Å². The van der Waals surface area contributed by atoms with Crippen molar-refractivity contribution >= 4 is 23.5 Å². The summed E-state index contributed by atoms with van der Waals surface area (Å²) in [5.74, 6) is -4.77. The van der Waals surface area contributed by atoms with Crippen molar-refractivity contribution < 1.29 is 42.5 Å². The Morgan fingerprint density at radius 3 is 2.40 bits per heavy atom. The van der Waals surface area contributed by atoms with Gasteiger partial charge in [0.05, 0.1) is 6.10 Å². The van der Waals surface area contributed by atoms with Crippen LogP contribution in [0.4, 0.5) is 8.78 Å². The van der Waals surface area contributed by atoms with E-state index in [-0.39, 0.29) is 24.8 Å². The lowest BCUT2D eigenvalue weighted by Crippen LogP contribution is -2.71. The average Bonchev–Trinajstić information content (AvgIpc) is 2.97. The van der Waals surface area contributed by atoms with Gasteiger partial charge in [-0.2, -0.15) is 0 Å². The van der Waals surface area contributed by atoms with Crippen molar-refractivity contribution in [3.05, 3.63) is 23.8 Å². The summed E-state index contributed by atoms with van der Waals surface area (Å²) in [4.78, 5) is 49.1. The predicted molar refractivity (Wildman–Crippen MR) is 119 cm³/mol. The van der Waals surface area contributed by atoms with Crippen LogP contribution in [-0.4, -0.2) is 58.8 Å². The number of Topliss-reactive ketones (excluding diaryl/α,β-unsaturated/α-hetero) is 1. The molecular formula is C26H32F2O7. The zero-order valence-electron chi connectivity index (χ0n) is 20.6. The van der Waals surface area contributed by atoms with Crippen molar-refractivity contribution in [3.8, 4) is 0 Å². The molecule has 0 saturated heterocycles. The van der Waals surface area contributed by atoms with Crippen molar-refractivity contribution in [1.29, 1.82) is 0 Å². The van der Waals surface area contributed by atoms with Gasteiger partial charge in [-0.1, -0.05) is 19.9 Å². The largest absolute Gasteiger partial charge is 0.458 e. The van der Waals surface area contributed by atoms with Gasteiger partial charge in [0.15, 0.2) is 23.7 Å². The zero-order valence-corrected chi connectivity index (χ0v) is 20.6. The van der Waals surface area contributed by atoms with Crippen LogP contribution in [0.25, 0.3) is 0 Å². The molecule has 0 heterocycles. The Labute approximate surface area is 202 Å². The van der Waals surface area contributed by atoms with Crippen LogP contribution in [0.1, 0.15) is 53.9 Å². The summed E-state index contributed by atoms with van der Waals surface area (Å²) in [6.07, 6.45) is 0.118. The summed E-state index contributed by atoms with van der Waals surface area (Å²) in [5, 5.41) is 11.4. The molecule has 7 nitrogen and oxygen atoms in total. The highest BCUT2D eigenvalue weighted by Crippen LogP contribution is 2.71. The Balaban J connectivity index is 1.85. The summed E-state index contributed by atoms with van der Waals surface area (Å²) >= 11 is 0. The van der Waals surface area contributed by atoms with Gasteiger partial charge >= 0.3 is 11.9 Å². The second kappa shape index (κ2) is 8.05. The first-order valence-corrected chi connectivity index (χ1v) is 12.0. The molecule has 0 bridgehead atoms.